The monoisotopic (exact) mass is 699 g/mol. The molecule has 0 aliphatic carbocycles. The van der Waals surface area contributed by atoms with Crippen molar-refractivity contribution in [2.45, 2.75) is 25.7 Å². The van der Waals surface area contributed by atoms with Crippen molar-refractivity contribution in [3.8, 4) is 0 Å². The summed E-state index contributed by atoms with van der Waals surface area (Å²) >= 11 is 0. The number of nitrogens with zero attached hydrogens (tertiary/aromatic N) is 12. The molecule has 0 N–H and O–H groups in total. The van der Waals surface area contributed by atoms with Crippen molar-refractivity contribution in [2.24, 2.45) is 0 Å². The first-order chi connectivity index (χ1) is 23.2. The van der Waals surface area contributed by atoms with E-state index in [1.807, 2.05) is 14.1 Å². The molecule has 13 nitrogen and oxygen atoms in total. The molecule has 0 atom stereocenters. The van der Waals surface area contributed by atoms with Gasteiger partial charge in [-0.1, -0.05) is 0 Å². The number of hydrogen-bond donors (Lipinski definition) is 0. The Labute approximate surface area is 304 Å². The molecule has 6 aliphatic rings. The lowest BCUT2D eigenvalue weighted by molar-refractivity contribution is 0.133. The molecular weight excluding hydrogens is 616 g/mol. The highest BCUT2D eigenvalue weighted by atomic mass is 16.2. The highest BCUT2D eigenvalue weighted by Gasteiger charge is 2.20. The van der Waals surface area contributed by atoms with Gasteiger partial charge < -0.3 is 29.4 Å². The van der Waals surface area contributed by atoms with Crippen molar-refractivity contribution in [1.82, 2.24) is 58.8 Å². The molecule has 6 rings (SSSR count). The van der Waals surface area contributed by atoms with E-state index in [0.717, 1.165) is 33.1 Å². The van der Waals surface area contributed by atoms with Crippen LogP contribution in [0.3, 0.4) is 0 Å². The second kappa shape index (κ2) is 26.6. The predicted octanol–water partition coefficient (Wildman–Crippen LogP) is 0.735. The maximum atomic E-state index is 10.8. The molecule has 292 valence electrons. The van der Waals surface area contributed by atoms with E-state index in [1.165, 1.54) is 117 Å². The van der Waals surface area contributed by atoms with Gasteiger partial charge in [-0.15, -0.1) is 0 Å². The van der Waals surface area contributed by atoms with Crippen LogP contribution in [0, 0.1) is 0 Å². The van der Waals surface area contributed by atoms with E-state index in [4.69, 9.17) is 0 Å². The van der Waals surface area contributed by atoms with Gasteiger partial charge >= 0.3 is 6.03 Å². The van der Waals surface area contributed by atoms with Crippen LogP contribution in [0.15, 0.2) is 0 Å². The van der Waals surface area contributed by atoms with E-state index in [2.05, 4.69) is 119 Å². The predicted molar refractivity (Wildman–Crippen MR) is 209 cm³/mol. The first-order valence-corrected chi connectivity index (χ1v) is 19.0. The Kier molecular flexibility index (Phi) is 24.9. The van der Waals surface area contributed by atoms with Crippen LogP contribution in [0.5, 0.6) is 0 Å². The molecular formula is C36H82N12O. The summed E-state index contributed by atoms with van der Waals surface area (Å²) in [4.78, 5) is 37.7. The second-order valence-electron chi connectivity index (χ2n) is 15.7. The van der Waals surface area contributed by atoms with E-state index in [0.29, 0.717) is 0 Å². The second-order valence-corrected chi connectivity index (χ2v) is 15.7. The fourth-order valence-corrected chi connectivity index (χ4v) is 6.24. The lowest BCUT2D eigenvalue weighted by atomic mass is 10.3. The standard InChI is InChI=1S/2C7H16N2.2C6H14N2.C5H10N2O.C5H12N2/c1-8-4-3-5-9(2)7-6-8;1-8-5-3-4-6-9(2)7-8;1-7-3-5-8(2)6-4-7;1-7-4-3-5-8(2)6-7;1-6-3-4-7(2)5(6)8;1-6-3-4-7(2)5-6/h2*3-7H2,1-2H3;2*3-6H2,1-2H3;3-4H2,1-2H3;3-5H2,1-2H3. The summed E-state index contributed by atoms with van der Waals surface area (Å²) in [5.74, 6) is 0. The molecule has 6 heterocycles. The van der Waals surface area contributed by atoms with Crippen LogP contribution in [0.4, 0.5) is 4.79 Å². The maximum absolute atomic E-state index is 10.8. The molecule has 6 aliphatic heterocycles. The minimum absolute atomic E-state index is 0.130. The topological polar surface area (TPSA) is 56.0 Å². The van der Waals surface area contributed by atoms with Crippen LogP contribution in [0.2, 0.25) is 0 Å². The van der Waals surface area contributed by atoms with E-state index in [1.54, 1.807) is 9.80 Å². The third-order valence-electron chi connectivity index (χ3n) is 9.82. The number of carbonyl (C=O) groups excluding carboxylic acids is 1. The minimum Gasteiger partial charge on any atom is -0.326 e. The Morgan fingerprint density at radius 2 is 0.469 bits per heavy atom. The highest BCUT2D eigenvalue weighted by molar-refractivity contribution is 5.75. The molecule has 0 saturated carbocycles. The van der Waals surface area contributed by atoms with Gasteiger partial charge in [0.05, 0.1) is 20.0 Å². The van der Waals surface area contributed by atoms with E-state index in [9.17, 15) is 4.79 Å². The SMILES string of the molecule is CN1CCCCN(C)C1.CN1CCCN(C)C1.CN1CCCN(C)CC1.CN1CCN(C)C1.CN1CCN(C)C1=O.CN1CCN(C)CC1. The third-order valence-corrected chi connectivity index (χ3v) is 9.82. The van der Waals surface area contributed by atoms with Gasteiger partial charge in [0.1, 0.15) is 0 Å². The summed E-state index contributed by atoms with van der Waals surface area (Å²) in [6.45, 7) is 22.6. The summed E-state index contributed by atoms with van der Waals surface area (Å²) in [5, 5.41) is 0. The molecule has 6 fully saturated rings. The van der Waals surface area contributed by atoms with Gasteiger partial charge in [-0.2, -0.15) is 0 Å². The van der Waals surface area contributed by atoms with Crippen LogP contribution >= 0.6 is 0 Å². The molecule has 0 bridgehead atoms. The zero-order valence-electron chi connectivity index (χ0n) is 34.5. The number of piperazine rings is 1. The van der Waals surface area contributed by atoms with Crippen molar-refractivity contribution < 1.29 is 4.79 Å². The van der Waals surface area contributed by atoms with Gasteiger partial charge in [-0.05, 0) is 122 Å². The van der Waals surface area contributed by atoms with Crippen molar-refractivity contribution in [3.63, 3.8) is 0 Å². The van der Waals surface area contributed by atoms with Crippen LogP contribution in [0.25, 0.3) is 0 Å². The van der Waals surface area contributed by atoms with Gasteiger partial charge in [0, 0.05) is 92.6 Å². The number of carbonyl (C=O) groups is 1. The summed E-state index contributed by atoms with van der Waals surface area (Å²) < 4.78 is 0. The fraction of sp³-hybridized carbons (Fsp3) is 0.972. The Balaban J connectivity index is 0.000000294. The van der Waals surface area contributed by atoms with Gasteiger partial charge in [-0.3, -0.25) is 29.4 Å². The normalized spacial score (nSPS) is 25.3. The van der Waals surface area contributed by atoms with Gasteiger partial charge in [0.25, 0.3) is 0 Å². The summed E-state index contributed by atoms with van der Waals surface area (Å²) in [6.07, 6.45) is 5.38. The molecule has 0 aromatic carbocycles. The van der Waals surface area contributed by atoms with Gasteiger partial charge in [0.2, 0.25) is 0 Å². The Hall–Kier alpha value is -1.13. The minimum atomic E-state index is 0.130. The molecule has 0 unspecified atom stereocenters. The molecule has 0 aromatic heterocycles. The van der Waals surface area contributed by atoms with Crippen molar-refractivity contribution in [1.29, 1.82) is 0 Å². The number of rotatable bonds is 0. The Bertz CT molecular complexity index is 759. The quantitative estimate of drug-likeness (QED) is 0.360. The molecule has 2 amide bonds. The first kappa shape index (κ1) is 45.9. The molecule has 49 heavy (non-hydrogen) atoms. The van der Waals surface area contributed by atoms with Crippen LogP contribution in [-0.2, 0) is 0 Å². The Morgan fingerprint density at radius 3 is 0.694 bits per heavy atom. The molecule has 13 heteroatoms. The summed E-state index contributed by atoms with van der Waals surface area (Å²) in [7, 11) is 25.3. The fourth-order valence-electron chi connectivity index (χ4n) is 6.24. The van der Waals surface area contributed by atoms with Gasteiger partial charge in [-0.25, -0.2) is 4.79 Å². The van der Waals surface area contributed by atoms with E-state index >= 15 is 0 Å². The van der Waals surface area contributed by atoms with Crippen molar-refractivity contribution in [2.75, 3.05) is 209 Å². The van der Waals surface area contributed by atoms with Crippen molar-refractivity contribution >= 4 is 6.03 Å². The smallest absolute Gasteiger partial charge is 0.319 e. The molecule has 6 saturated heterocycles. The van der Waals surface area contributed by atoms with Crippen LogP contribution < -0.4 is 0 Å². The summed E-state index contributed by atoms with van der Waals surface area (Å²) in [6, 6.07) is 0.130. The molecule has 0 spiro atoms. The van der Waals surface area contributed by atoms with Crippen LogP contribution in [0.1, 0.15) is 25.7 Å². The Morgan fingerprint density at radius 1 is 0.265 bits per heavy atom. The third kappa shape index (κ3) is 23.9. The molecule has 0 radical (unpaired) electrons. The van der Waals surface area contributed by atoms with Gasteiger partial charge in [0.15, 0.2) is 0 Å². The number of urea groups is 1. The number of amides is 2. The van der Waals surface area contributed by atoms with Crippen LogP contribution in [-0.4, -0.2) is 274 Å². The number of likely N-dealkylation sites (N-methyl/N-ethyl adjacent to an activating group) is 8. The number of hydrogen-bond acceptors (Lipinski definition) is 11. The first-order valence-electron chi connectivity index (χ1n) is 19.0. The lowest BCUT2D eigenvalue weighted by Crippen LogP contribution is -2.42. The highest BCUT2D eigenvalue weighted by Crippen LogP contribution is 2.02. The largest absolute Gasteiger partial charge is 0.326 e. The molecule has 0 aromatic rings. The average Bonchev–Trinajstić information content (AvgIpc) is 3.40. The lowest BCUT2D eigenvalue weighted by Gasteiger charge is -2.29. The maximum Gasteiger partial charge on any atom is 0.319 e. The summed E-state index contributed by atoms with van der Waals surface area (Å²) in [5.41, 5.74) is 0. The zero-order chi connectivity index (χ0) is 36.8. The zero-order valence-corrected chi connectivity index (χ0v) is 34.5. The van der Waals surface area contributed by atoms with E-state index < -0.39 is 0 Å². The van der Waals surface area contributed by atoms with E-state index in [-0.39, 0.29) is 6.03 Å². The van der Waals surface area contributed by atoms with Crippen molar-refractivity contribution in [3.05, 3.63) is 0 Å². The average molecular weight is 699 g/mol.